The maximum absolute atomic E-state index is 5.74. The highest BCUT2D eigenvalue weighted by molar-refractivity contribution is 5.27. The molecule has 1 heterocycles. The predicted octanol–water partition coefficient (Wildman–Crippen LogP) is 1.39. The minimum atomic E-state index is 0.214. The van der Waals surface area contributed by atoms with Crippen LogP contribution in [0.5, 0.6) is 0 Å². The number of hydrogen-bond donors (Lipinski definition) is 2. The summed E-state index contributed by atoms with van der Waals surface area (Å²) in [6.07, 6.45) is 6.23. The summed E-state index contributed by atoms with van der Waals surface area (Å²) < 4.78 is 10.5. The number of hydrogen-bond acceptors (Lipinski definition) is 5. The van der Waals surface area contributed by atoms with E-state index in [0.717, 1.165) is 19.3 Å². The standard InChI is InChI=1S/C15H25N3O2/c1-19-10-11-20-9-7-14(18-16)13-6-2-4-12-5-3-8-17-15(12)13/h3,5,8,13-14,18H,2,4,6-7,9-11,16H2,1H3. The summed E-state index contributed by atoms with van der Waals surface area (Å²) in [7, 11) is 1.68. The van der Waals surface area contributed by atoms with Crippen LogP contribution in [-0.2, 0) is 15.9 Å². The monoisotopic (exact) mass is 279 g/mol. The van der Waals surface area contributed by atoms with Crippen molar-refractivity contribution in [1.29, 1.82) is 0 Å². The van der Waals surface area contributed by atoms with Gasteiger partial charge in [0.1, 0.15) is 0 Å². The van der Waals surface area contributed by atoms with Crippen molar-refractivity contribution < 1.29 is 9.47 Å². The van der Waals surface area contributed by atoms with Crippen LogP contribution >= 0.6 is 0 Å². The normalized spacial score (nSPS) is 19.6. The molecule has 1 aliphatic carbocycles. The van der Waals surface area contributed by atoms with E-state index in [1.54, 1.807) is 7.11 Å². The number of nitrogens with zero attached hydrogens (tertiary/aromatic N) is 1. The van der Waals surface area contributed by atoms with Crippen LogP contribution in [0.2, 0.25) is 0 Å². The lowest BCUT2D eigenvalue weighted by atomic mass is 9.81. The van der Waals surface area contributed by atoms with Gasteiger partial charge >= 0.3 is 0 Å². The minimum Gasteiger partial charge on any atom is -0.382 e. The van der Waals surface area contributed by atoms with Gasteiger partial charge in [0.2, 0.25) is 0 Å². The molecule has 112 valence electrons. The van der Waals surface area contributed by atoms with Crippen LogP contribution in [-0.4, -0.2) is 38.0 Å². The molecule has 0 saturated carbocycles. The first kappa shape index (κ1) is 15.4. The van der Waals surface area contributed by atoms with Gasteiger partial charge in [0, 0.05) is 37.6 Å². The van der Waals surface area contributed by atoms with E-state index in [1.807, 2.05) is 12.3 Å². The summed E-state index contributed by atoms with van der Waals surface area (Å²) >= 11 is 0. The molecule has 0 aromatic carbocycles. The number of pyridine rings is 1. The first-order valence-corrected chi connectivity index (χ1v) is 7.33. The summed E-state index contributed by atoms with van der Waals surface area (Å²) in [4.78, 5) is 4.57. The molecule has 20 heavy (non-hydrogen) atoms. The fourth-order valence-electron chi connectivity index (χ4n) is 2.89. The first-order chi connectivity index (χ1) is 9.86. The Bertz CT molecular complexity index is 400. The van der Waals surface area contributed by atoms with Gasteiger partial charge in [-0.2, -0.15) is 0 Å². The van der Waals surface area contributed by atoms with E-state index < -0.39 is 0 Å². The lowest BCUT2D eigenvalue weighted by Gasteiger charge is -2.31. The molecule has 0 saturated heterocycles. The smallest absolute Gasteiger partial charge is 0.0700 e. The van der Waals surface area contributed by atoms with Gasteiger partial charge in [0.25, 0.3) is 0 Å². The van der Waals surface area contributed by atoms with Crippen LogP contribution in [0.1, 0.15) is 36.4 Å². The van der Waals surface area contributed by atoms with Gasteiger partial charge in [-0.15, -0.1) is 0 Å². The topological polar surface area (TPSA) is 69.4 Å². The molecule has 1 aromatic heterocycles. The summed E-state index contributed by atoms with van der Waals surface area (Å²) in [5.74, 6) is 6.13. The van der Waals surface area contributed by atoms with Gasteiger partial charge in [0.15, 0.2) is 0 Å². The van der Waals surface area contributed by atoms with Crippen molar-refractivity contribution in [2.75, 3.05) is 26.9 Å². The molecule has 0 radical (unpaired) electrons. The zero-order valence-corrected chi connectivity index (χ0v) is 12.2. The van der Waals surface area contributed by atoms with Gasteiger partial charge in [-0.25, -0.2) is 0 Å². The lowest BCUT2D eigenvalue weighted by molar-refractivity contribution is 0.0641. The number of rotatable bonds is 8. The molecule has 0 bridgehead atoms. The van der Waals surface area contributed by atoms with Gasteiger partial charge in [-0.3, -0.25) is 16.3 Å². The third-order valence-electron chi connectivity index (χ3n) is 3.94. The Morgan fingerprint density at radius 3 is 3.15 bits per heavy atom. The number of nitrogens with two attached hydrogens (primary N) is 1. The van der Waals surface area contributed by atoms with Crippen LogP contribution < -0.4 is 11.3 Å². The number of methoxy groups -OCH3 is 1. The number of fused-ring (bicyclic) bond motifs is 1. The second-order valence-electron chi connectivity index (χ2n) is 5.21. The Kier molecular flexibility index (Phi) is 6.39. The minimum absolute atomic E-state index is 0.214. The number of nitrogens with one attached hydrogen (secondary N) is 1. The molecule has 2 rings (SSSR count). The van der Waals surface area contributed by atoms with Crippen molar-refractivity contribution >= 4 is 0 Å². The number of aryl methyl sites for hydroxylation is 1. The summed E-state index contributed by atoms with van der Waals surface area (Å²) in [6, 6.07) is 4.41. The van der Waals surface area contributed by atoms with Crippen molar-refractivity contribution in [3.63, 3.8) is 0 Å². The highest BCUT2D eigenvalue weighted by Gasteiger charge is 2.28. The van der Waals surface area contributed by atoms with Crippen molar-refractivity contribution in [3.05, 3.63) is 29.6 Å². The number of ether oxygens (including phenoxy) is 2. The molecule has 5 heteroatoms. The fourth-order valence-corrected chi connectivity index (χ4v) is 2.89. The molecule has 0 fully saturated rings. The maximum Gasteiger partial charge on any atom is 0.0700 e. The lowest BCUT2D eigenvalue weighted by Crippen LogP contribution is -2.42. The summed E-state index contributed by atoms with van der Waals surface area (Å²) in [5, 5.41) is 0. The molecule has 0 amide bonds. The van der Waals surface area contributed by atoms with Crippen molar-refractivity contribution in [1.82, 2.24) is 10.4 Å². The summed E-state index contributed by atoms with van der Waals surface area (Å²) in [5.41, 5.74) is 5.52. The number of aromatic nitrogens is 1. The van der Waals surface area contributed by atoms with Crippen LogP contribution in [0.25, 0.3) is 0 Å². The Balaban J connectivity index is 1.91. The van der Waals surface area contributed by atoms with Crippen LogP contribution in [0.3, 0.4) is 0 Å². The fraction of sp³-hybridized carbons (Fsp3) is 0.667. The van der Waals surface area contributed by atoms with Crippen LogP contribution in [0.15, 0.2) is 18.3 Å². The Hall–Kier alpha value is -1.01. The van der Waals surface area contributed by atoms with Crippen molar-refractivity contribution in [2.24, 2.45) is 5.84 Å². The zero-order valence-electron chi connectivity index (χ0n) is 12.2. The average Bonchev–Trinajstić information content (AvgIpc) is 2.51. The highest BCUT2D eigenvalue weighted by atomic mass is 16.5. The van der Waals surface area contributed by atoms with Gasteiger partial charge < -0.3 is 9.47 Å². The Labute approximate surface area is 120 Å². The van der Waals surface area contributed by atoms with Crippen LogP contribution in [0, 0.1) is 0 Å². The van der Waals surface area contributed by atoms with E-state index in [9.17, 15) is 0 Å². The van der Waals surface area contributed by atoms with Gasteiger partial charge in [-0.05, 0) is 37.3 Å². The molecule has 0 spiro atoms. The van der Waals surface area contributed by atoms with Crippen LogP contribution in [0.4, 0.5) is 0 Å². The molecular weight excluding hydrogens is 254 g/mol. The molecule has 3 N–H and O–H groups in total. The second kappa shape index (κ2) is 8.32. The average molecular weight is 279 g/mol. The van der Waals surface area contributed by atoms with E-state index in [0.29, 0.717) is 25.7 Å². The highest BCUT2D eigenvalue weighted by Crippen LogP contribution is 2.33. The predicted molar refractivity (Wildman–Crippen MR) is 78.3 cm³/mol. The molecule has 5 nitrogen and oxygen atoms in total. The molecule has 1 aromatic rings. The molecular formula is C15H25N3O2. The quantitative estimate of drug-likeness (QED) is 0.427. The van der Waals surface area contributed by atoms with Crippen molar-refractivity contribution in [3.8, 4) is 0 Å². The third kappa shape index (κ3) is 3.99. The van der Waals surface area contributed by atoms with E-state index in [1.165, 1.54) is 17.7 Å². The maximum atomic E-state index is 5.74. The molecule has 1 aliphatic rings. The zero-order chi connectivity index (χ0) is 14.2. The molecule has 2 unspecified atom stereocenters. The Morgan fingerprint density at radius 1 is 1.45 bits per heavy atom. The number of hydrazine groups is 1. The largest absolute Gasteiger partial charge is 0.382 e. The third-order valence-corrected chi connectivity index (χ3v) is 3.94. The molecule has 2 atom stereocenters. The van der Waals surface area contributed by atoms with E-state index in [4.69, 9.17) is 15.3 Å². The molecule has 0 aliphatic heterocycles. The summed E-state index contributed by atoms with van der Waals surface area (Å²) in [6.45, 7) is 1.96. The SMILES string of the molecule is COCCOCCC(NN)C1CCCc2cccnc21. The van der Waals surface area contributed by atoms with Crippen molar-refractivity contribution in [2.45, 2.75) is 37.6 Å². The van der Waals surface area contributed by atoms with E-state index in [-0.39, 0.29) is 6.04 Å². The van der Waals surface area contributed by atoms with E-state index >= 15 is 0 Å². The van der Waals surface area contributed by atoms with Gasteiger partial charge in [0.05, 0.1) is 13.2 Å². The van der Waals surface area contributed by atoms with Gasteiger partial charge in [-0.1, -0.05) is 6.07 Å². The second-order valence-corrected chi connectivity index (χ2v) is 5.21. The Morgan fingerprint density at radius 2 is 2.35 bits per heavy atom. The van der Waals surface area contributed by atoms with E-state index in [2.05, 4.69) is 16.5 Å². The first-order valence-electron chi connectivity index (χ1n) is 7.33.